The predicted molar refractivity (Wildman–Crippen MR) is 102 cm³/mol. The van der Waals surface area contributed by atoms with Gasteiger partial charge < -0.3 is 14.6 Å². The Morgan fingerprint density at radius 3 is 2.70 bits per heavy atom. The highest BCUT2D eigenvalue weighted by molar-refractivity contribution is 5.89. The molecule has 0 radical (unpaired) electrons. The molecule has 0 saturated heterocycles. The summed E-state index contributed by atoms with van der Waals surface area (Å²) in [5.41, 5.74) is 1.87. The van der Waals surface area contributed by atoms with Gasteiger partial charge in [-0.05, 0) is 61.2 Å². The fraction of sp³-hybridized carbons (Fsp3) is 0.739. The number of carbonyl (C=O) groups excluding carboxylic acids is 2. The van der Waals surface area contributed by atoms with Crippen LogP contribution < -0.4 is 5.11 Å². The summed E-state index contributed by atoms with van der Waals surface area (Å²) in [6.07, 6.45) is 11.8. The van der Waals surface area contributed by atoms with Crippen molar-refractivity contribution in [2.75, 3.05) is 6.61 Å². The Labute approximate surface area is 163 Å². The topological polar surface area (TPSA) is 66.4 Å². The third-order valence-electron chi connectivity index (χ3n) is 7.80. The van der Waals surface area contributed by atoms with Gasteiger partial charge in [-0.3, -0.25) is 4.79 Å². The first-order valence-electron chi connectivity index (χ1n) is 10.3. The van der Waals surface area contributed by atoms with Crippen molar-refractivity contribution in [2.24, 2.45) is 28.1 Å². The maximum Gasteiger partial charge on any atom is 0.311 e. The second kappa shape index (κ2) is 7.10. The van der Waals surface area contributed by atoms with Crippen LogP contribution in [0.3, 0.4) is 0 Å². The molecular weight excluding hydrogens is 340 g/mol. The minimum atomic E-state index is -1.38. The van der Waals surface area contributed by atoms with E-state index in [1.165, 1.54) is 19.3 Å². The number of allylic oxidation sites excluding steroid dienone is 3. The summed E-state index contributed by atoms with van der Waals surface area (Å²) in [4.78, 5) is 22.4. The van der Waals surface area contributed by atoms with Crippen LogP contribution in [-0.4, -0.2) is 18.5 Å². The Kier molecular flexibility index (Phi) is 5.31. The average Bonchev–Trinajstić information content (AvgIpc) is 2.59. The van der Waals surface area contributed by atoms with Crippen LogP contribution in [0.15, 0.2) is 24.3 Å². The van der Waals surface area contributed by atoms with Gasteiger partial charge in [0.2, 0.25) is 0 Å². The maximum absolute atomic E-state index is 11.7. The van der Waals surface area contributed by atoms with E-state index in [1.807, 2.05) is 0 Å². The SMILES string of the molecule is C=C[C@]1(C)CC=C2[C@H](CC[C@H]3[C@](C)(COC(=O)CC(=O)[O-])CCC[C@@]23C)C1. The third-order valence-corrected chi connectivity index (χ3v) is 7.80. The van der Waals surface area contributed by atoms with Gasteiger partial charge in [-0.2, -0.15) is 0 Å². The Morgan fingerprint density at radius 1 is 1.30 bits per heavy atom. The highest BCUT2D eigenvalue weighted by Crippen LogP contribution is 2.63. The number of ether oxygens (including phenoxy) is 1. The number of esters is 1. The second-order valence-electron chi connectivity index (χ2n) is 9.89. The molecule has 3 rings (SSSR count). The van der Waals surface area contributed by atoms with Gasteiger partial charge in [-0.25, -0.2) is 0 Å². The number of fused-ring (bicyclic) bond motifs is 3. The largest absolute Gasteiger partial charge is 0.550 e. The van der Waals surface area contributed by atoms with Crippen LogP contribution in [0.25, 0.3) is 0 Å². The molecule has 2 fully saturated rings. The minimum Gasteiger partial charge on any atom is -0.550 e. The monoisotopic (exact) mass is 373 g/mol. The smallest absolute Gasteiger partial charge is 0.311 e. The Hall–Kier alpha value is -1.58. The zero-order valence-corrected chi connectivity index (χ0v) is 17.0. The van der Waals surface area contributed by atoms with Crippen LogP contribution in [0, 0.1) is 28.1 Å². The number of rotatable bonds is 5. The molecule has 2 saturated carbocycles. The molecule has 0 heterocycles. The molecule has 3 aliphatic rings. The van der Waals surface area contributed by atoms with Crippen molar-refractivity contribution in [3.8, 4) is 0 Å². The molecule has 0 unspecified atom stereocenters. The summed E-state index contributed by atoms with van der Waals surface area (Å²) in [6, 6.07) is 0. The number of carboxylic acids is 1. The van der Waals surface area contributed by atoms with E-state index in [4.69, 9.17) is 4.74 Å². The summed E-state index contributed by atoms with van der Waals surface area (Å²) in [6.45, 7) is 11.3. The van der Waals surface area contributed by atoms with Crippen molar-refractivity contribution in [2.45, 2.75) is 72.1 Å². The lowest BCUT2D eigenvalue weighted by Gasteiger charge is -2.59. The Balaban J connectivity index is 1.80. The molecule has 0 amide bonds. The first kappa shape index (κ1) is 20.2. The number of carbonyl (C=O) groups is 2. The van der Waals surface area contributed by atoms with Gasteiger partial charge >= 0.3 is 5.97 Å². The molecule has 150 valence electrons. The van der Waals surface area contributed by atoms with Crippen molar-refractivity contribution in [3.63, 3.8) is 0 Å². The van der Waals surface area contributed by atoms with Crippen LogP contribution >= 0.6 is 0 Å². The highest BCUT2D eigenvalue weighted by atomic mass is 16.5. The summed E-state index contributed by atoms with van der Waals surface area (Å²) in [5.74, 6) is -0.969. The van der Waals surface area contributed by atoms with E-state index in [9.17, 15) is 14.7 Å². The summed E-state index contributed by atoms with van der Waals surface area (Å²) in [5, 5.41) is 10.6. The van der Waals surface area contributed by atoms with Crippen molar-refractivity contribution in [1.29, 1.82) is 0 Å². The molecule has 0 spiro atoms. The standard InChI is InChI=1S/C23H34O4/c1-5-21(2)12-9-17-16(14-21)7-8-18-22(3,10-6-11-23(17,18)4)15-27-20(26)13-19(24)25/h5,9,16,18H,1,6-8,10-15H2,2-4H3,(H,24,25)/p-1/t16-,18+,21-,22+,23+/m1/s1. The molecule has 0 aliphatic heterocycles. The number of aliphatic carboxylic acids is 1. The van der Waals surface area contributed by atoms with Crippen LogP contribution in [-0.2, 0) is 14.3 Å². The van der Waals surface area contributed by atoms with E-state index in [-0.39, 0.29) is 16.2 Å². The normalized spacial score (nSPS) is 40.9. The molecule has 0 N–H and O–H groups in total. The molecule has 3 aliphatic carbocycles. The van der Waals surface area contributed by atoms with E-state index in [1.54, 1.807) is 5.57 Å². The van der Waals surface area contributed by atoms with Crippen LogP contribution in [0.5, 0.6) is 0 Å². The van der Waals surface area contributed by atoms with Gasteiger partial charge in [0, 0.05) is 5.41 Å². The predicted octanol–water partition coefficient (Wildman–Crippen LogP) is 3.80. The van der Waals surface area contributed by atoms with Crippen molar-refractivity contribution >= 4 is 11.9 Å². The molecular formula is C23H33O4-. The lowest BCUT2D eigenvalue weighted by Crippen LogP contribution is -2.51. The molecule has 0 bridgehead atoms. The van der Waals surface area contributed by atoms with Crippen LogP contribution in [0.2, 0.25) is 0 Å². The average molecular weight is 374 g/mol. The number of carboxylic acid groups (broad SMARTS) is 1. The van der Waals surface area contributed by atoms with Gasteiger partial charge in [-0.15, -0.1) is 6.58 Å². The van der Waals surface area contributed by atoms with E-state index in [0.717, 1.165) is 25.7 Å². The molecule has 0 aromatic rings. The zero-order valence-electron chi connectivity index (χ0n) is 17.0. The molecule has 5 atom stereocenters. The first-order chi connectivity index (χ1) is 12.6. The highest BCUT2D eigenvalue weighted by Gasteiger charge is 2.55. The summed E-state index contributed by atoms with van der Waals surface area (Å²) >= 11 is 0. The van der Waals surface area contributed by atoms with Gasteiger partial charge in [0.1, 0.15) is 0 Å². The lowest BCUT2D eigenvalue weighted by atomic mass is 9.46. The van der Waals surface area contributed by atoms with E-state index in [2.05, 4.69) is 39.5 Å². The third kappa shape index (κ3) is 3.72. The van der Waals surface area contributed by atoms with Gasteiger partial charge in [0.25, 0.3) is 0 Å². The number of hydrogen-bond donors (Lipinski definition) is 0. The first-order valence-corrected chi connectivity index (χ1v) is 10.3. The molecule has 0 aromatic heterocycles. The molecule has 4 heteroatoms. The fourth-order valence-electron chi connectivity index (χ4n) is 6.33. The molecule has 4 nitrogen and oxygen atoms in total. The fourth-order valence-corrected chi connectivity index (χ4v) is 6.33. The van der Waals surface area contributed by atoms with Crippen molar-refractivity contribution in [3.05, 3.63) is 24.3 Å². The Morgan fingerprint density at radius 2 is 2.04 bits per heavy atom. The van der Waals surface area contributed by atoms with E-state index >= 15 is 0 Å². The van der Waals surface area contributed by atoms with Crippen LogP contribution in [0.1, 0.15) is 72.1 Å². The lowest BCUT2D eigenvalue weighted by molar-refractivity contribution is -0.305. The Bertz CT molecular complexity index is 665. The van der Waals surface area contributed by atoms with Crippen molar-refractivity contribution in [1.82, 2.24) is 0 Å². The van der Waals surface area contributed by atoms with Crippen LogP contribution in [0.4, 0.5) is 0 Å². The van der Waals surface area contributed by atoms with Gasteiger partial charge in [0.15, 0.2) is 0 Å². The molecule has 27 heavy (non-hydrogen) atoms. The van der Waals surface area contributed by atoms with E-state index < -0.39 is 18.4 Å². The van der Waals surface area contributed by atoms with Gasteiger partial charge in [-0.1, -0.05) is 44.9 Å². The quantitative estimate of drug-likeness (QED) is 0.418. The molecule has 0 aromatic carbocycles. The minimum absolute atomic E-state index is 0.0976. The van der Waals surface area contributed by atoms with E-state index in [0.29, 0.717) is 18.4 Å². The summed E-state index contributed by atoms with van der Waals surface area (Å²) in [7, 11) is 0. The second-order valence-corrected chi connectivity index (χ2v) is 9.89. The maximum atomic E-state index is 11.7. The zero-order chi connectivity index (χ0) is 19.9. The summed E-state index contributed by atoms with van der Waals surface area (Å²) < 4.78 is 5.38. The van der Waals surface area contributed by atoms with Gasteiger partial charge in [0.05, 0.1) is 19.0 Å². The van der Waals surface area contributed by atoms with Crippen molar-refractivity contribution < 1.29 is 19.4 Å². The number of hydrogen-bond acceptors (Lipinski definition) is 4.